The molecular formula is C28H30ClF3N4O6. The van der Waals surface area contributed by atoms with Gasteiger partial charge in [0.25, 0.3) is 5.56 Å². The van der Waals surface area contributed by atoms with Gasteiger partial charge in [0.2, 0.25) is 5.91 Å². The molecule has 0 aliphatic carbocycles. The third-order valence-corrected chi connectivity index (χ3v) is 6.84. The lowest BCUT2D eigenvalue weighted by atomic mass is 10.0. The summed E-state index contributed by atoms with van der Waals surface area (Å²) < 4.78 is 61.1. The zero-order valence-corrected chi connectivity index (χ0v) is 24.0. The number of alkyl halides is 3. The highest BCUT2D eigenvalue weighted by molar-refractivity contribution is 6.31. The minimum atomic E-state index is -4.58. The average molecular weight is 611 g/mol. The summed E-state index contributed by atoms with van der Waals surface area (Å²) in [5.74, 6) is -0.563. The molecule has 1 amide bonds. The van der Waals surface area contributed by atoms with Gasteiger partial charge in [-0.1, -0.05) is 11.6 Å². The second-order valence-corrected chi connectivity index (χ2v) is 10.0. The summed E-state index contributed by atoms with van der Waals surface area (Å²) in [5.41, 5.74) is 0.744. The molecule has 0 bridgehead atoms. The van der Waals surface area contributed by atoms with Gasteiger partial charge in [-0.25, -0.2) is 0 Å². The smallest absolute Gasteiger partial charge is 0.422 e. The number of carbonyl (C=O) groups excluding carboxylic acids is 1. The van der Waals surface area contributed by atoms with Gasteiger partial charge in [0.15, 0.2) is 6.61 Å². The Morgan fingerprint density at radius 3 is 2.50 bits per heavy atom. The number of carbonyl (C=O) groups is 1. The first kappa shape index (κ1) is 31.3. The van der Waals surface area contributed by atoms with Gasteiger partial charge in [-0.15, -0.1) is 0 Å². The van der Waals surface area contributed by atoms with E-state index in [9.17, 15) is 22.8 Å². The van der Waals surface area contributed by atoms with Crippen molar-refractivity contribution >= 4 is 23.2 Å². The molecule has 10 nitrogen and oxygen atoms in total. The lowest BCUT2D eigenvalue weighted by molar-refractivity contribution is -0.153. The number of amides is 1. The molecule has 14 heteroatoms. The van der Waals surface area contributed by atoms with E-state index < -0.39 is 36.4 Å². The van der Waals surface area contributed by atoms with Crippen molar-refractivity contribution in [2.75, 3.05) is 33.2 Å². The molecule has 1 aliphatic rings. The monoisotopic (exact) mass is 610 g/mol. The van der Waals surface area contributed by atoms with Crippen LogP contribution in [0.15, 0.2) is 53.6 Å². The molecular weight excluding hydrogens is 581 g/mol. The topological polar surface area (TPSA) is 116 Å². The number of aromatic nitrogens is 2. The van der Waals surface area contributed by atoms with Gasteiger partial charge in [0, 0.05) is 35.7 Å². The molecule has 1 saturated heterocycles. The summed E-state index contributed by atoms with van der Waals surface area (Å²) in [4.78, 5) is 31.3. The van der Waals surface area contributed by atoms with E-state index in [0.29, 0.717) is 11.4 Å². The van der Waals surface area contributed by atoms with Gasteiger partial charge >= 0.3 is 6.18 Å². The fourth-order valence-electron chi connectivity index (χ4n) is 4.33. The Balaban J connectivity index is 1.67. The van der Waals surface area contributed by atoms with Gasteiger partial charge in [0.1, 0.15) is 29.9 Å². The fraction of sp³-hybridized carbons (Fsp3) is 0.393. The maximum Gasteiger partial charge on any atom is 0.422 e. The van der Waals surface area contributed by atoms with Crippen molar-refractivity contribution in [3.8, 4) is 22.6 Å². The molecule has 0 spiro atoms. The van der Waals surface area contributed by atoms with Crippen LogP contribution in [-0.2, 0) is 14.3 Å². The Morgan fingerprint density at radius 2 is 1.90 bits per heavy atom. The maximum absolute atomic E-state index is 13.5. The number of halogens is 4. The molecule has 1 aliphatic heterocycles. The van der Waals surface area contributed by atoms with Crippen LogP contribution in [0.1, 0.15) is 31.2 Å². The van der Waals surface area contributed by atoms with E-state index in [4.69, 9.17) is 30.5 Å². The van der Waals surface area contributed by atoms with E-state index in [1.165, 1.54) is 49.4 Å². The highest BCUT2D eigenvalue weighted by atomic mass is 35.5. The predicted molar refractivity (Wildman–Crippen MR) is 149 cm³/mol. The molecule has 3 heterocycles. The van der Waals surface area contributed by atoms with Crippen LogP contribution in [0.4, 0.5) is 18.9 Å². The van der Waals surface area contributed by atoms with E-state index >= 15 is 0 Å². The van der Waals surface area contributed by atoms with E-state index in [0.717, 1.165) is 6.07 Å². The normalized spacial score (nSPS) is 17.8. The van der Waals surface area contributed by atoms with Gasteiger partial charge in [-0.3, -0.25) is 24.5 Å². The van der Waals surface area contributed by atoms with Crippen LogP contribution in [0.3, 0.4) is 0 Å². The zero-order chi connectivity index (χ0) is 30.6. The summed E-state index contributed by atoms with van der Waals surface area (Å²) in [7, 11) is 4.59. The molecule has 2 N–H and O–H groups in total. The first-order valence-corrected chi connectivity index (χ1v) is 13.2. The molecule has 1 fully saturated rings. The van der Waals surface area contributed by atoms with Crippen molar-refractivity contribution in [1.29, 1.82) is 0 Å². The second kappa shape index (κ2) is 13.1. The number of nitrogens with zero attached hydrogens (tertiary/aromatic N) is 2. The summed E-state index contributed by atoms with van der Waals surface area (Å²) in [6.07, 6.45) is -2.35. The first-order valence-electron chi connectivity index (χ1n) is 12.9. The molecule has 2 aromatic heterocycles. The van der Waals surface area contributed by atoms with Crippen molar-refractivity contribution in [3.63, 3.8) is 0 Å². The highest BCUT2D eigenvalue weighted by Gasteiger charge is 2.40. The zero-order valence-electron chi connectivity index (χ0n) is 23.2. The molecule has 1 aromatic carbocycles. The van der Waals surface area contributed by atoms with E-state index in [2.05, 4.69) is 15.6 Å². The predicted octanol–water partition coefficient (Wildman–Crippen LogP) is 4.74. The Kier molecular flexibility index (Phi) is 9.77. The van der Waals surface area contributed by atoms with Crippen LogP contribution < -0.4 is 25.7 Å². The van der Waals surface area contributed by atoms with Crippen LogP contribution in [-0.4, -0.2) is 61.8 Å². The van der Waals surface area contributed by atoms with Crippen molar-refractivity contribution in [3.05, 3.63) is 69.9 Å². The number of benzene rings is 1. The van der Waals surface area contributed by atoms with Gasteiger partial charge in [-0.2, -0.15) is 13.2 Å². The van der Waals surface area contributed by atoms with Gasteiger partial charge in [-0.05, 0) is 44.3 Å². The number of anilines is 1. The minimum absolute atomic E-state index is 0.103. The minimum Gasteiger partial charge on any atom is -0.495 e. The van der Waals surface area contributed by atoms with Crippen molar-refractivity contribution < 1.29 is 36.9 Å². The number of epoxide rings is 1. The molecule has 0 radical (unpaired) electrons. The number of ether oxygens (including phenoxy) is 4. The fourth-order valence-corrected chi connectivity index (χ4v) is 4.50. The molecule has 4 atom stereocenters. The number of hydrogen-bond acceptors (Lipinski definition) is 8. The van der Waals surface area contributed by atoms with E-state index in [1.807, 2.05) is 0 Å². The lowest BCUT2D eigenvalue weighted by Gasteiger charge is -2.24. The largest absolute Gasteiger partial charge is 0.495 e. The van der Waals surface area contributed by atoms with Crippen LogP contribution in [0, 0.1) is 0 Å². The Bertz CT molecular complexity index is 1470. The number of nitrogens with one attached hydrogen (secondary N) is 2. The van der Waals surface area contributed by atoms with Crippen LogP contribution >= 0.6 is 11.6 Å². The van der Waals surface area contributed by atoms with Gasteiger partial charge < -0.3 is 24.3 Å². The van der Waals surface area contributed by atoms with Crippen molar-refractivity contribution in [1.82, 2.24) is 14.9 Å². The Hall–Kier alpha value is -3.65. The average Bonchev–Trinajstić information content (AvgIpc) is 3.75. The van der Waals surface area contributed by atoms with Crippen LogP contribution in [0.5, 0.6) is 11.5 Å². The van der Waals surface area contributed by atoms with E-state index in [1.54, 1.807) is 26.1 Å². The molecule has 226 valence electrons. The van der Waals surface area contributed by atoms with E-state index in [-0.39, 0.29) is 46.4 Å². The SMILES string of the molecule is CNC1OC1c1ccc(NC(=O)C(C[C@H](C)OC)n2cc(OC)c(-c3cc(Cl)ccc3OCC(F)(F)F)cc2=O)cn1. The maximum atomic E-state index is 13.5. The van der Waals surface area contributed by atoms with Gasteiger partial charge in [0.05, 0.1) is 37.0 Å². The molecule has 3 unspecified atom stereocenters. The third-order valence-electron chi connectivity index (χ3n) is 6.60. The number of methoxy groups -OCH3 is 2. The van der Waals surface area contributed by atoms with Crippen LogP contribution in [0.2, 0.25) is 5.02 Å². The number of hydrogen-bond donors (Lipinski definition) is 2. The first-order chi connectivity index (χ1) is 19.9. The summed E-state index contributed by atoms with van der Waals surface area (Å²) >= 11 is 6.13. The number of likely N-dealkylation sites (N-methyl/N-ethyl adjacent to an activating group) is 1. The highest BCUT2D eigenvalue weighted by Crippen LogP contribution is 2.39. The summed E-state index contributed by atoms with van der Waals surface area (Å²) in [5, 5.41) is 5.98. The number of rotatable bonds is 12. The molecule has 0 saturated carbocycles. The number of pyridine rings is 2. The summed E-state index contributed by atoms with van der Waals surface area (Å²) in [6, 6.07) is 7.54. The molecule has 3 aromatic rings. The quantitative estimate of drug-likeness (QED) is 0.283. The third kappa shape index (κ3) is 7.59. The summed E-state index contributed by atoms with van der Waals surface area (Å²) in [6.45, 7) is 0.203. The second-order valence-electron chi connectivity index (χ2n) is 9.57. The molecule has 42 heavy (non-hydrogen) atoms. The Labute approximate surface area is 244 Å². The van der Waals surface area contributed by atoms with Crippen molar-refractivity contribution in [2.45, 2.75) is 44.0 Å². The Morgan fingerprint density at radius 1 is 1.17 bits per heavy atom. The molecule has 4 rings (SSSR count). The lowest BCUT2D eigenvalue weighted by Crippen LogP contribution is -2.35. The van der Waals surface area contributed by atoms with Crippen molar-refractivity contribution in [2.24, 2.45) is 0 Å². The standard InChI is InChI=1S/C28H30ClF3N4O6/c1-15(39-3)9-21(26(38)35-17-6-7-20(34-12-17)25-27(33-2)42-25)36-13-23(40-4)19(11-24(36)37)18-10-16(29)5-8-22(18)41-14-28(30,31)32/h5-8,10-13,15,21,25,27,33H,9,14H2,1-4H3,(H,35,38)/t15-,21?,25?,27?/m0/s1. The van der Waals surface area contributed by atoms with Crippen LogP contribution in [0.25, 0.3) is 11.1 Å².